The van der Waals surface area contributed by atoms with Crippen molar-refractivity contribution in [2.75, 3.05) is 0 Å². The van der Waals surface area contributed by atoms with E-state index >= 15 is 0 Å². The van der Waals surface area contributed by atoms with Gasteiger partial charge < -0.3 is 0 Å². The molecule has 0 aliphatic rings. The van der Waals surface area contributed by atoms with Gasteiger partial charge in [0.25, 0.3) is 0 Å². The van der Waals surface area contributed by atoms with Gasteiger partial charge in [0.15, 0.2) is 10.6 Å². The largest absolute Gasteiger partial charge is 0.266 e. The average Bonchev–Trinajstić information content (AvgIpc) is 2.84. The Hall–Kier alpha value is -1.86. The zero-order chi connectivity index (χ0) is 14.1. The highest BCUT2D eigenvalue weighted by molar-refractivity contribution is 9.10. The Morgan fingerprint density at radius 1 is 1.25 bits per heavy atom. The van der Waals surface area contributed by atoms with Crippen LogP contribution < -0.4 is 0 Å². The molecule has 0 saturated carbocycles. The molecule has 0 spiro atoms. The summed E-state index contributed by atoms with van der Waals surface area (Å²) in [5, 5.41) is 6.89. The maximum atomic E-state index is 13.5. The van der Waals surface area contributed by atoms with Crippen LogP contribution >= 0.6 is 28.1 Å². The van der Waals surface area contributed by atoms with Crippen molar-refractivity contribution in [2.24, 2.45) is 0 Å². The van der Waals surface area contributed by atoms with Crippen molar-refractivity contribution in [1.29, 1.82) is 0 Å². The van der Waals surface area contributed by atoms with E-state index in [2.05, 4.69) is 31.1 Å². The highest BCUT2D eigenvalue weighted by atomic mass is 79.9. The van der Waals surface area contributed by atoms with Crippen molar-refractivity contribution in [1.82, 2.24) is 19.7 Å². The lowest BCUT2D eigenvalue weighted by Gasteiger charge is -2.08. The number of benzene rings is 1. The Morgan fingerprint density at radius 3 is 2.85 bits per heavy atom. The molecule has 1 N–H and O–H groups in total. The van der Waals surface area contributed by atoms with Gasteiger partial charge in [0.1, 0.15) is 11.5 Å². The standard InChI is InChI=1S/C13H8BrFN4S/c14-9-5-4-8(15)7-11(9)19-12(17-18-13(19)20)10-3-1-2-6-16-10/h1-7H,(H,18,20). The highest BCUT2D eigenvalue weighted by Gasteiger charge is 2.14. The zero-order valence-electron chi connectivity index (χ0n) is 10.0. The molecule has 0 aliphatic heterocycles. The van der Waals surface area contributed by atoms with E-state index in [9.17, 15) is 4.39 Å². The molecule has 0 aliphatic carbocycles. The number of hydrogen-bond donors (Lipinski definition) is 1. The highest BCUT2D eigenvalue weighted by Crippen LogP contribution is 2.26. The number of nitrogens with zero attached hydrogens (tertiary/aromatic N) is 3. The lowest BCUT2D eigenvalue weighted by molar-refractivity contribution is 0.626. The minimum absolute atomic E-state index is 0.349. The summed E-state index contributed by atoms with van der Waals surface area (Å²) in [5.74, 6) is 0.181. The second-order valence-electron chi connectivity index (χ2n) is 4.00. The van der Waals surface area contributed by atoms with Crippen LogP contribution in [0.3, 0.4) is 0 Å². The second kappa shape index (κ2) is 5.26. The molecule has 3 rings (SSSR count). The van der Waals surface area contributed by atoms with Gasteiger partial charge in [0.2, 0.25) is 0 Å². The molecule has 20 heavy (non-hydrogen) atoms. The molecule has 100 valence electrons. The molecule has 4 nitrogen and oxygen atoms in total. The maximum Gasteiger partial charge on any atom is 0.200 e. The predicted octanol–water partition coefficient (Wildman–Crippen LogP) is 3.89. The molecular weight excluding hydrogens is 343 g/mol. The van der Waals surface area contributed by atoms with Crippen LogP contribution in [-0.4, -0.2) is 19.7 Å². The molecule has 1 aromatic carbocycles. The summed E-state index contributed by atoms with van der Waals surface area (Å²) in [6, 6.07) is 9.87. The lowest BCUT2D eigenvalue weighted by atomic mass is 10.3. The number of rotatable bonds is 2. The number of H-pyrrole nitrogens is 1. The third-order valence-corrected chi connectivity index (χ3v) is 3.66. The minimum atomic E-state index is -0.349. The van der Waals surface area contributed by atoms with Gasteiger partial charge in [0, 0.05) is 10.7 Å². The smallest absolute Gasteiger partial charge is 0.200 e. The van der Waals surface area contributed by atoms with E-state index < -0.39 is 0 Å². The summed E-state index contributed by atoms with van der Waals surface area (Å²) in [7, 11) is 0. The quantitative estimate of drug-likeness (QED) is 0.713. The lowest BCUT2D eigenvalue weighted by Crippen LogP contribution is -2.00. The van der Waals surface area contributed by atoms with Crippen LogP contribution in [0, 0.1) is 10.6 Å². The van der Waals surface area contributed by atoms with Crippen molar-refractivity contribution in [2.45, 2.75) is 0 Å². The van der Waals surface area contributed by atoms with E-state index in [1.54, 1.807) is 16.8 Å². The first-order valence-electron chi connectivity index (χ1n) is 5.71. The Balaban J connectivity index is 2.27. The average molecular weight is 351 g/mol. The van der Waals surface area contributed by atoms with E-state index in [-0.39, 0.29) is 5.82 Å². The van der Waals surface area contributed by atoms with Crippen LogP contribution in [0.15, 0.2) is 47.1 Å². The van der Waals surface area contributed by atoms with Crippen molar-refractivity contribution in [3.63, 3.8) is 0 Å². The predicted molar refractivity (Wildman–Crippen MR) is 79.6 cm³/mol. The fourth-order valence-corrected chi connectivity index (χ4v) is 2.50. The zero-order valence-corrected chi connectivity index (χ0v) is 12.4. The van der Waals surface area contributed by atoms with Crippen molar-refractivity contribution >= 4 is 28.1 Å². The van der Waals surface area contributed by atoms with Gasteiger partial charge in [0.05, 0.1) is 5.69 Å². The third-order valence-electron chi connectivity index (χ3n) is 2.72. The van der Waals surface area contributed by atoms with Gasteiger partial charge in [-0.15, -0.1) is 0 Å². The number of pyridine rings is 1. The van der Waals surface area contributed by atoms with E-state index in [0.717, 1.165) is 0 Å². The molecule has 0 saturated heterocycles. The van der Waals surface area contributed by atoms with Crippen molar-refractivity contribution in [3.8, 4) is 17.2 Å². The summed E-state index contributed by atoms with van der Waals surface area (Å²) in [4.78, 5) is 4.24. The molecule has 0 atom stereocenters. The first-order valence-corrected chi connectivity index (χ1v) is 6.91. The van der Waals surface area contributed by atoms with Gasteiger partial charge in [-0.05, 0) is 58.5 Å². The second-order valence-corrected chi connectivity index (χ2v) is 5.24. The Bertz CT molecular complexity index is 813. The third kappa shape index (κ3) is 2.30. The molecule has 2 aromatic heterocycles. The minimum Gasteiger partial charge on any atom is -0.266 e. The topological polar surface area (TPSA) is 46.5 Å². The molecule has 0 fully saturated rings. The van der Waals surface area contributed by atoms with Crippen LogP contribution in [0.25, 0.3) is 17.2 Å². The molecule has 0 unspecified atom stereocenters. The van der Waals surface area contributed by atoms with Crippen LogP contribution in [0.2, 0.25) is 0 Å². The summed E-state index contributed by atoms with van der Waals surface area (Å²) in [6.45, 7) is 0. The van der Waals surface area contributed by atoms with Gasteiger partial charge in [-0.3, -0.25) is 14.6 Å². The van der Waals surface area contributed by atoms with E-state index in [4.69, 9.17) is 12.2 Å². The molecule has 3 aromatic rings. The van der Waals surface area contributed by atoms with Gasteiger partial charge >= 0.3 is 0 Å². The van der Waals surface area contributed by atoms with Crippen molar-refractivity contribution < 1.29 is 4.39 Å². The number of hydrogen-bond acceptors (Lipinski definition) is 3. The Kier molecular flexibility index (Phi) is 3.45. The fraction of sp³-hybridized carbons (Fsp3) is 0. The molecule has 0 bridgehead atoms. The van der Waals surface area contributed by atoms with Crippen LogP contribution in [-0.2, 0) is 0 Å². The summed E-state index contributed by atoms with van der Waals surface area (Å²) in [6.07, 6.45) is 1.66. The number of halogens is 2. The van der Waals surface area contributed by atoms with Crippen LogP contribution in [0.4, 0.5) is 4.39 Å². The summed E-state index contributed by atoms with van der Waals surface area (Å²) >= 11 is 8.63. The fourth-order valence-electron chi connectivity index (χ4n) is 1.84. The van der Waals surface area contributed by atoms with Gasteiger partial charge in [-0.2, -0.15) is 5.10 Å². The Labute approximate surface area is 127 Å². The normalized spacial score (nSPS) is 10.7. The van der Waals surface area contributed by atoms with Gasteiger partial charge in [-0.25, -0.2) is 4.39 Å². The van der Waals surface area contributed by atoms with Crippen molar-refractivity contribution in [3.05, 3.63) is 57.7 Å². The van der Waals surface area contributed by atoms with Crippen LogP contribution in [0.1, 0.15) is 0 Å². The first kappa shape index (κ1) is 13.1. The number of aromatic nitrogens is 4. The maximum absolute atomic E-state index is 13.5. The first-order chi connectivity index (χ1) is 9.66. The molecule has 7 heteroatoms. The summed E-state index contributed by atoms with van der Waals surface area (Å²) in [5.41, 5.74) is 1.22. The van der Waals surface area contributed by atoms with E-state index in [0.29, 0.717) is 26.4 Å². The Morgan fingerprint density at radius 2 is 2.10 bits per heavy atom. The number of nitrogens with one attached hydrogen (secondary N) is 1. The van der Waals surface area contributed by atoms with E-state index in [1.807, 2.05) is 18.2 Å². The molecule has 0 amide bonds. The SMILES string of the molecule is Fc1ccc(Br)c(-n2c(-c3ccccn3)n[nH]c2=S)c1. The molecule has 2 heterocycles. The van der Waals surface area contributed by atoms with Crippen LogP contribution in [0.5, 0.6) is 0 Å². The monoisotopic (exact) mass is 350 g/mol. The number of aromatic amines is 1. The van der Waals surface area contributed by atoms with Gasteiger partial charge in [-0.1, -0.05) is 6.07 Å². The molecule has 0 radical (unpaired) electrons. The van der Waals surface area contributed by atoms with E-state index in [1.165, 1.54) is 12.1 Å². The summed E-state index contributed by atoms with van der Waals surface area (Å²) < 4.78 is 16.2. The molecular formula is C13H8BrFN4S.